The second-order valence-electron chi connectivity index (χ2n) is 9.03. The Labute approximate surface area is 162 Å². The molecule has 4 rings (SSSR count). The second-order valence-corrected chi connectivity index (χ2v) is 9.96. The third kappa shape index (κ3) is 3.44. The molecule has 5 atom stereocenters. The van der Waals surface area contributed by atoms with E-state index in [9.17, 15) is 0 Å². The highest BCUT2D eigenvalue weighted by Gasteiger charge is 2.44. The standard InChI is InChI=1S/C22H32N2OS/c1-22(2,3)15-5-8-19-18(11-15)21-17(7-6-16(25-21)12-23-4)20(24-19)14-9-10-26-13-14/h5,8-11,14,16-17,20-21,23-24H,6-7,12-13H2,1-4H3/t14?,16-,17+,20+,21+/m1/s1. The Balaban J connectivity index is 1.70. The van der Waals surface area contributed by atoms with Crippen LogP contribution in [0.4, 0.5) is 5.69 Å². The van der Waals surface area contributed by atoms with Crippen LogP contribution in [-0.4, -0.2) is 31.5 Å². The molecule has 0 aliphatic carbocycles. The van der Waals surface area contributed by atoms with Crippen LogP contribution in [0.3, 0.4) is 0 Å². The first-order valence-corrected chi connectivity index (χ1v) is 11.0. The number of rotatable bonds is 3. The lowest BCUT2D eigenvalue weighted by molar-refractivity contribution is -0.0928. The van der Waals surface area contributed by atoms with E-state index in [1.54, 1.807) is 0 Å². The van der Waals surface area contributed by atoms with Crippen molar-refractivity contribution in [3.05, 3.63) is 40.8 Å². The normalized spacial score (nSPS) is 33.5. The second kappa shape index (κ2) is 7.21. The number of nitrogens with one attached hydrogen (secondary N) is 2. The summed E-state index contributed by atoms with van der Waals surface area (Å²) in [5.41, 5.74) is 4.20. The molecule has 0 aromatic heterocycles. The Bertz CT molecular complexity index is 681. The van der Waals surface area contributed by atoms with E-state index in [1.807, 2.05) is 18.8 Å². The van der Waals surface area contributed by atoms with Gasteiger partial charge in [0.1, 0.15) is 0 Å². The van der Waals surface area contributed by atoms with Gasteiger partial charge < -0.3 is 15.4 Å². The van der Waals surface area contributed by atoms with Gasteiger partial charge in [0.15, 0.2) is 0 Å². The molecule has 1 fully saturated rings. The summed E-state index contributed by atoms with van der Waals surface area (Å²) in [6.07, 6.45) is 5.32. The third-order valence-corrected chi connectivity index (χ3v) is 7.09. The number of hydrogen-bond acceptors (Lipinski definition) is 4. The van der Waals surface area contributed by atoms with Crippen molar-refractivity contribution in [3.8, 4) is 0 Å². The topological polar surface area (TPSA) is 33.3 Å². The molecule has 0 radical (unpaired) electrons. The molecule has 0 amide bonds. The Morgan fingerprint density at radius 3 is 2.81 bits per heavy atom. The first-order valence-electron chi connectivity index (χ1n) is 9.96. The van der Waals surface area contributed by atoms with E-state index < -0.39 is 0 Å². The van der Waals surface area contributed by atoms with Crippen LogP contribution < -0.4 is 10.6 Å². The van der Waals surface area contributed by atoms with Crippen LogP contribution in [0.15, 0.2) is 29.7 Å². The van der Waals surface area contributed by atoms with Crippen molar-refractivity contribution >= 4 is 17.4 Å². The van der Waals surface area contributed by atoms with Gasteiger partial charge in [0.2, 0.25) is 0 Å². The molecule has 1 aromatic rings. The molecule has 4 heteroatoms. The molecule has 0 bridgehead atoms. The lowest BCUT2D eigenvalue weighted by Crippen LogP contribution is -2.48. The van der Waals surface area contributed by atoms with Crippen LogP contribution in [0, 0.1) is 11.8 Å². The summed E-state index contributed by atoms with van der Waals surface area (Å²) in [7, 11) is 2.02. The molecule has 142 valence electrons. The first-order chi connectivity index (χ1) is 12.5. The molecule has 3 aliphatic rings. The van der Waals surface area contributed by atoms with Crippen LogP contribution in [0.1, 0.15) is 50.8 Å². The largest absolute Gasteiger partial charge is 0.381 e. The van der Waals surface area contributed by atoms with Gasteiger partial charge in [-0.3, -0.25) is 0 Å². The number of fused-ring (bicyclic) bond motifs is 3. The van der Waals surface area contributed by atoms with Crippen LogP contribution in [0.2, 0.25) is 0 Å². The molecular weight excluding hydrogens is 340 g/mol. The van der Waals surface area contributed by atoms with Gasteiger partial charge in [0, 0.05) is 41.4 Å². The van der Waals surface area contributed by atoms with Gasteiger partial charge in [-0.25, -0.2) is 0 Å². The highest BCUT2D eigenvalue weighted by atomic mass is 32.2. The number of benzene rings is 1. The van der Waals surface area contributed by atoms with E-state index >= 15 is 0 Å². The predicted octanol–water partition coefficient (Wildman–Crippen LogP) is 4.71. The van der Waals surface area contributed by atoms with Crippen LogP contribution in [0.25, 0.3) is 0 Å². The molecule has 26 heavy (non-hydrogen) atoms. The van der Waals surface area contributed by atoms with Gasteiger partial charge >= 0.3 is 0 Å². The third-order valence-electron chi connectivity index (χ3n) is 6.16. The number of anilines is 1. The number of ether oxygens (including phenoxy) is 1. The fourth-order valence-corrected chi connectivity index (χ4v) is 5.63. The lowest BCUT2D eigenvalue weighted by Gasteiger charge is -2.47. The zero-order valence-electron chi connectivity index (χ0n) is 16.4. The van der Waals surface area contributed by atoms with Crippen molar-refractivity contribution in [2.24, 2.45) is 11.8 Å². The highest BCUT2D eigenvalue weighted by Crippen LogP contribution is 2.49. The fraction of sp³-hybridized carbons (Fsp3) is 0.636. The minimum absolute atomic E-state index is 0.158. The van der Waals surface area contributed by atoms with Crippen molar-refractivity contribution in [3.63, 3.8) is 0 Å². The zero-order chi connectivity index (χ0) is 18.3. The minimum Gasteiger partial charge on any atom is -0.381 e. The smallest absolute Gasteiger partial charge is 0.0897 e. The molecule has 0 spiro atoms. The maximum absolute atomic E-state index is 6.68. The number of hydrogen-bond donors (Lipinski definition) is 2. The van der Waals surface area contributed by atoms with Crippen LogP contribution in [0.5, 0.6) is 0 Å². The SMILES string of the molecule is CNC[C@H]1CC[C@@H]2[C@H](O1)c1cc(C(C)(C)C)ccc1N[C@H]2C1C=CSC1. The molecule has 1 aromatic carbocycles. The van der Waals surface area contributed by atoms with E-state index in [2.05, 4.69) is 61.1 Å². The van der Waals surface area contributed by atoms with Gasteiger partial charge in [0.05, 0.1) is 12.2 Å². The average Bonchev–Trinajstić information content (AvgIpc) is 3.14. The molecular formula is C22H32N2OS. The molecule has 3 aliphatic heterocycles. The Morgan fingerprint density at radius 2 is 2.12 bits per heavy atom. The van der Waals surface area contributed by atoms with Gasteiger partial charge in [-0.15, -0.1) is 11.8 Å². The monoisotopic (exact) mass is 372 g/mol. The summed E-state index contributed by atoms with van der Waals surface area (Å²) >= 11 is 1.94. The first kappa shape index (κ1) is 18.4. The summed E-state index contributed by atoms with van der Waals surface area (Å²) in [5.74, 6) is 2.35. The van der Waals surface area contributed by atoms with Crippen LogP contribution >= 0.6 is 11.8 Å². The summed E-state index contributed by atoms with van der Waals surface area (Å²) in [6.45, 7) is 7.81. The predicted molar refractivity (Wildman–Crippen MR) is 112 cm³/mol. The molecule has 1 unspecified atom stereocenters. The summed E-state index contributed by atoms with van der Waals surface area (Å²) in [4.78, 5) is 0. The molecule has 2 N–H and O–H groups in total. The Morgan fingerprint density at radius 1 is 1.27 bits per heavy atom. The molecule has 0 saturated carbocycles. The van der Waals surface area contributed by atoms with Gasteiger partial charge in [0.25, 0.3) is 0 Å². The van der Waals surface area contributed by atoms with Crippen molar-refractivity contribution in [1.29, 1.82) is 0 Å². The molecule has 3 nitrogen and oxygen atoms in total. The zero-order valence-corrected chi connectivity index (χ0v) is 17.2. The van der Waals surface area contributed by atoms with Crippen molar-refractivity contribution < 1.29 is 4.74 Å². The molecule has 3 heterocycles. The maximum Gasteiger partial charge on any atom is 0.0897 e. The maximum atomic E-state index is 6.68. The van der Waals surface area contributed by atoms with Gasteiger partial charge in [-0.2, -0.15) is 0 Å². The average molecular weight is 373 g/mol. The minimum atomic E-state index is 0.158. The van der Waals surface area contributed by atoms with Crippen molar-refractivity contribution in [2.45, 2.75) is 57.3 Å². The summed E-state index contributed by atoms with van der Waals surface area (Å²) < 4.78 is 6.68. The van der Waals surface area contributed by atoms with Crippen molar-refractivity contribution in [2.75, 3.05) is 24.7 Å². The lowest BCUT2D eigenvalue weighted by atomic mass is 9.73. The fourth-order valence-electron chi connectivity index (χ4n) is 4.66. The van der Waals surface area contributed by atoms with Crippen molar-refractivity contribution in [1.82, 2.24) is 5.32 Å². The number of thioether (sulfide) groups is 1. The highest BCUT2D eigenvalue weighted by molar-refractivity contribution is 8.02. The van der Waals surface area contributed by atoms with E-state index in [1.165, 1.54) is 29.0 Å². The van der Waals surface area contributed by atoms with E-state index in [-0.39, 0.29) is 11.5 Å². The Hall–Kier alpha value is -0.970. The summed E-state index contributed by atoms with van der Waals surface area (Å²) in [6, 6.07) is 7.46. The van der Waals surface area contributed by atoms with E-state index in [0.717, 1.165) is 13.0 Å². The van der Waals surface area contributed by atoms with E-state index in [0.29, 0.717) is 24.0 Å². The van der Waals surface area contributed by atoms with E-state index in [4.69, 9.17) is 4.74 Å². The van der Waals surface area contributed by atoms with Gasteiger partial charge in [-0.05, 0) is 42.3 Å². The van der Waals surface area contributed by atoms with Gasteiger partial charge in [-0.1, -0.05) is 39.0 Å². The summed E-state index contributed by atoms with van der Waals surface area (Å²) in [5, 5.41) is 9.48. The Kier molecular flexibility index (Phi) is 5.10. The quantitative estimate of drug-likeness (QED) is 0.805. The number of likely N-dealkylation sites (N-methyl/N-ethyl adjacent to an activating group) is 1. The van der Waals surface area contributed by atoms with Crippen LogP contribution in [-0.2, 0) is 10.2 Å². The molecule has 1 saturated heterocycles.